The van der Waals surface area contributed by atoms with E-state index in [1.165, 1.54) is 16.2 Å². The van der Waals surface area contributed by atoms with Crippen LogP contribution in [0.5, 0.6) is 0 Å². The zero-order chi connectivity index (χ0) is 15.9. The highest BCUT2D eigenvalue weighted by Crippen LogP contribution is 2.23. The third kappa shape index (κ3) is 5.13. The molecule has 0 amide bonds. The number of nitrogens with zero attached hydrogens (tertiary/aromatic N) is 2. The molecule has 1 N–H and O–H groups in total. The van der Waals surface area contributed by atoms with Crippen molar-refractivity contribution in [2.45, 2.75) is 23.7 Å². The van der Waals surface area contributed by atoms with Crippen LogP contribution in [-0.2, 0) is 18.8 Å². The summed E-state index contributed by atoms with van der Waals surface area (Å²) in [6, 6.07) is 23.2. The Morgan fingerprint density at radius 1 is 1.00 bits per heavy atom. The SMILES string of the molecule is CNCc1cc(CSc2ccccc2)n(Cc2ccccc2)n1.Cl. The maximum atomic E-state index is 4.75. The van der Waals surface area contributed by atoms with E-state index in [0.717, 1.165) is 24.5 Å². The topological polar surface area (TPSA) is 29.9 Å². The molecule has 0 bridgehead atoms. The van der Waals surface area contributed by atoms with Crippen LogP contribution in [0.15, 0.2) is 71.6 Å². The largest absolute Gasteiger partial charge is 0.314 e. The monoisotopic (exact) mass is 359 g/mol. The van der Waals surface area contributed by atoms with E-state index >= 15 is 0 Å². The molecule has 0 aliphatic heterocycles. The zero-order valence-corrected chi connectivity index (χ0v) is 15.3. The Bertz CT molecular complexity index is 729. The molecule has 3 nitrogen and oxygen atoms in total. The minimum atomic E-state index is 0. The number of thioether (sulfide) groups is 1. The molecule has 24 heavy (non-hydrogen) atoms. The van der Waals surface area contributed by atoms with Gasteiger partial charge in [0, 0.05) is 22.9 Å². The normalized spacial score (nSPS) is 10.4. The predicted octanol–water partition coefficient (Wildman–Crippen LogP) is 4.36. The maximum absolute atomic E-state index is 4.75. The average Bonchev–Trinajstić information content (AvgIpc) is 2.97. The molecule has 0 radical (unpaired) electrons. The lowest BCUT2D eigenvalue weighted by Crippen LogP contribution is -2.08. The van der Waals surface area contributed by atoms with Crippen LogP contribution in [-0.4, -0.2) is 16.8 Å². The third-order valence-corrected chi connectivity index (χ3v) is 4.62. The van der Waals surface area contributed by atoms with Crippen LogP contribution in [0.4, 0.5) is 0 Å². The Morgan fingerprint density at radius 2 is 1.67 bits per heavy atom. The Hall–Kier alpha value is -1.75. The Kier molecular flexibility index (Phi) is 7.37. The van der Waals surface area contributed by atoms with E-state index in [1.807, 2.05) is 24.9 Å². The van der Waals surface area contributed by atoms with Gasteiger partial charge in [-0.1, -0.05) is 48.5 Å². The van der Waals surface area contributed by atoms with Crippen molar-refractivity contribution >= 4 is 24.2 Å². The first kappa shape index (κ1) is 18.6. The van der Waals surface area contributed by atoms with E-state index in [-0.39, 0.29) is 12.4 Å². The fraction of sp³-hybridized carbons (Fsp3) is 0.211. The molecule has 2 aromatic carbocycles. The Labute approximate surface area is 153 Å². The molecule has 0 saturated heterocycles. The van der Waals surface area contributed by atoms with Gasteiger partial charge in [0.1, 0.15) is 0 Å². The van der Waals surface area contributed by atoms with E-state index in [0.29, 0.717) is 0 Å². The van der Waals surface area contributed by atoms with Gasteiger partial charge in [-0.3, -0.25) is 4.68 Å². The lowest BCUT2D eigenvalue weighted by atomic mass is 10.2. The van der Waals surface area contributed by atoms with Crippen LogP contribution in [0.1, 0.15) is 17.0 Å². The molecule has 1 heterocycles. The van der Waals surface area contributed by atoms with Gasteiger partial charge in [-0.05, 0) is 30.8 Å². The van der Waals surface area contributed by atoms with Crippen LogP contribution in [0.3, 0.4) is 0 Å². The second-order valence-corrected chi connectivity index (χ2v) is 6.45. The minimum absolute atomic E-state index is 0. The smallest absolute Gasteiger partial charge is 0.0765 e. The summed E-state index contributed by atoms with van der Waals surface area (Å²) in [4.78, 5) is 1.29. The molecule has 5 heteroatoms. The first-order chi connectivity index (χ1) is 11.3. The fourth-order valence-electron chi connectivity index (χ4n) is 2.47. The van der Waals surface area contributed by atoms with E-state index < -0.39 is 0 Å². The molecular formula is C19H22ClN3S. The molecule has 0 aliphatic rings. The van der Waals surface area contributed by atoms with Gasteiger partial charge in [-0.25, -0.2) is 0 Å². The molecule has 3 aromatic rings. The van der Waals surface area contributed by atoms with Gasteiger partial charge in [-0.15, -0.1) is 24.2 Å². The summed E-state index contributed by atoms with van der Waals surface area (Å²) in [5, 5.41) is 7.93. The molecule has 0 fully saturated rings. The highest BCUT2D eigenvalue weighted by Gasteiger charge is 2.09. The number of rotatable bonds is 7. The second kappa shape index (κ2) is 9.52. The summed E-state index contributed by atoms with van der Waals surface area (Å²) in [5.41, 5.74) is 3.62. The molecule has 0 spiro atoms. The predicted molar refractivity (Wildman–Crippen MR) is 104 cm³/mol. The van der Waals surface area contributed by atoms with E-state index in [2.05, 4.69) is 70.7 Å². The summed E-state index contributed by atoms with van der Waals surface area (Å²) in [6.45, 7) is 1.61. The second-order valence-electron chi connectivity index (χ2n) is 5.40. The number of halogens is 1. The van der Waals surface area contributed by atoms with Crippen molar-refractivity contribution in [3.63, 3.8) is 0 Å². The first-order valence-corrected chi connectivity index (χ1v) is 8.75. The van der Waals surface area contributed by atoms with Gasteiger partial charge >= 0.3 is 0 Å². The summed E-state index contributed by atoms with van der Waals surface area (Å²) in [7, 11) is 1.95. The summed E-state index contributed by atoms with van der Waals surface area (Å²) < 4.78 is 2.12. The quantitative estimate of drug-likeness (QED) is 0.635. The number of aromatic nitrogens is 2. The van der Waals surface area contributed by atoms with Crippen LogP contribution < -0.4 is 5.32 Å². The molecular weight excluding hydrogens is 338 g/mol. The number of hydrogen-bond acceptors (Lipinski definition) is 3. The highest BCUT2D eigenvalue weighted by molar-refractivity contribution is 7.98. The lowest BCUT2D eigenvalue weighted by Gasteiger charge is -2.07. The van der Waals surface area contributed by atoms with Crippen molar-refractivity contribution in [1.82, 2.24) is 15.1 Å². The Morgan fingerprint density at radius 3 is 2.33 bits per heavy atom. The molecule has 0 aliphatic carbocycles. The van der Waals surface area contributed by atoms with Crippen molar-refractivity contribution in [1.29, 1.82) is 0 Å². The molecule has 3 rings (SSSR count). The molecule has 0 unspecified atom stereocenters. The lowest BCUT2D eigenvalue weighted by molar-refractivity contribution is 0.641. The fourth-order valence-corrected chi connectivity index (χ4v) is 3.36. The summed E-state index contributed by atoms with van der Waals surface area (Å²) >= 11 is 1.85. The van der Waals surface area contributed by atoms with Crippen molar-refractivity contribution < 1.29 is 0 Å². The standard InChI is InChI=1S/C19H21N3S.ClH/c1-20-13-17-12-18(15-23-19-10-6-3-7-11-19)22(21-17)14-16-8-4-2-5-9-16;/h2-12,20H,13-15H2,1H3;1H. The molecule has 0 atom stereocenters. The Balaban J connectivity index is 0.00000208. The van der Waals surface area contributed by atoms with Crippen LogP contribution in [0.2, 0.25) is 0 Å². The minimum Gasteiger partial charge on any atom is -0.314 e. The van der Waals surface area contributed by atoms with Gasteiger partial charge in [0.2, 0.25) is 0 Å². The number of hydrogen-bond donors (Lipinski definition) is 1. The number of nitrogens with one attached hydrogen (secondary N) is 1. The average molecular weight is 360 g/mol. The molecule has 1 aromatic heterocycles. The van der Waals surface area contributed by atoms with E-state index in [9.17, 15) is 0 Å². The van der Waals surface area contributed by atoms with Gasteiger partial charge < -0.3 is 5.32 Å². The molecule has 0 saturated carbocycles. The third-order valence-electron chi connectivity index (χ3n) is 3.58. The van der Waals surface area contributed by atoms with Crippen molar-refractivity contribution in [3.05, 3.63) is 83.7 Å². The summed E-state index contributed by atoms with van der Waals surface area (Å²) in [6.07, 6.45) is 0. The van der Waals surface area contributed by atoms with Crippen molar-refractivity contribution in [2.24, 2.45) is 0 Å². The van der Waals surface area contributed by atoms with Crippen LogP contribution in [0, 0.1) is 0 Å². The number of benzene rings is 2. The highest BCUT2D eigenvalue weighted by atomic mass is 35.5. The van der Waals surface area contributed by atoms with Gasteiger partial charge in [0.05, 0.1) is 12.2 Å². The van der Waals surface area contributed by atoms with Gasteiger partial charge in [0.25, 0.3) is 0 Å². The van der Waals surface area contributed by atoms with Crippen molar-refractivity contribution in [3.8, 4) is 0 Å². The first-order valence-electron chi connectivity index (χ1n) is 7.77. The maximum Gasteiger partial charge on any atom is 0.0765 e. The van der Waals surface area contributed by atoms with E-state index in [1.54, 1.807) is 0 Å². The zero-order valence-electron chi connectivity index (χ0n) is 13.7. The van der Waals surface area contributed by atoms with Crippen LogP contribution in [0.25, 0.3) is 0 Å². The van der Waals surface area contributed by atoms with E-state index in [4.69, 9.17) is 5.10 Å². The van der Waals surface area contributed by atoms with Crippen LogP contribution >= 0.6 is 24.2 Å². The van der Waals surface area contributed by atoms with Crippen molar-refractivity contribution in [2.75, 3.05) is 7.05 Å². The summed E-state index contributed by atoms with van der Waals surface area (Å²) in [5.74, 6) is 0.924. The molecule has 126 valence electrons. The van der Waals surface area contributed by atoms with Gasteiger partial charge in [-0.2, -0.15) is 5.10 Å². The van der Waals surface area contributed by atoms with Gasteiger partial charge in [0.15, 0.2) is 0 Å².